The van der Waals surface area contributed by atoms with Gasteiger partial charge in [-0.3, -0.25) is 0 Å². The molecule has 3 nitrogen and oxygen atoms in total. The first kappa shape index (κ1) is 13.3. The zero-order chi connectivity index (χ0) is 14.3. The van der Waals surface area contributed by atoms with E-state index in [1.807, 2.05) is 13.0 Å². The van der Waals surface area contributed by atoms with E-state index in [-0.39, 0.29) is 17.2 Å². The number of hydrogen-bond acceptors (Lipinski definition) is 3. The molecule has 0 amide bonds. The number of alkyl halides is 1. The Kier molecular flexibility index (Phi) is 3.36. The van der Waals surface area contributed by atoms with E-state index < -0.39 is 6.23 Å². The number of aliphatic hydroxyl groups is 1. The molecule has 0 aliphatic carbocycles. The zero-order valence-electron chi connectivity index (χ0n) is 10.9. The van der Waals surface area contributed by atoms with Crippen LogP contribution in [0.2, 0.25) is 0 Å². The van der Waals surface area contributed by atoms with E-state index in [0.29, 0.717) is 5.84 Å². The minimum Gasteiger partial charge on any atom is -0.370 e. The van der Waals surface area contributed by atoms with Gasteiger partial charge in [0.1, 0.15) is 17.9 Å². The SMILES string of the molecule is CC1C(Cl)C=C(c2ccc(F)cc2)C2=NC=CC(O)N21. The molecule has 1 aromatic rings. The Bertz CT molecular complexity index is 609. The predicted octanol–water partition coefficient (Wildman–Crippen LogP) is 2.76. The van der Waals surface area contributed by atoms with Gasteiger partial charge in [-0.25, -0.2) is 9.38 Å². The van der Waals surface area contributed by atoms with Gasteiger partial charge in [0.2, 0.25) is 0 Å². The molecule has 5 heteroatoms. The first-order valence-electron chi connectivity index (χ1n) is 6.41. The number of benzene rings is 1. The predicted molar refractivity (Wildman–Crippen MR) is 77.9 cm³/mol. The molecule has 0 saturated carbocycles. The third kappa shape index (κ3) is 2.15. The van der Waals surface area contributed by atoms with Crippen molar-refractivity contribution in [3.63, 3.8) is 0 Å². The van der Waals surface area contributed by atoms with Crippen molar-refractivity contribution >= 4 is 23.0 Å². The highest BCUT2D eigenvalue weighted by molar-refractivity contribution is 6.29. The van der Waals surface area contributed by atoms with Crippen LogP contribution < -0.4 is 0 Å². The number of amidine groups is 1. The first-order valence-corrected chi connectivity index (χ1v) is 6.84. The number of fused-ring (bicyclic) bond motifs is 1. The van der Waals surface area contributed by atoms with Crippen LogP contribution in [0.5, 0.6) is 0 Å². The molecule has 3 unspecified atom stereocenters. The van der Waals surface area contributed by atoms with Crippen LogP contribution in [0.25, 0.3) is 5.57 Å². The van der Waals surface area contributed by atoms with E-state index in [1.54, 1.807) is 29.3 Å². The number of aliphatic imine (C=N–C) groups is 1. The van der Waals surface area contributed by atoms with E-state index >= 15 is 0 Å². The molecule has 0 bridgehead atoms. The van der Waals surface area contributed by atoms with Crippen molar-refractivity contribution in [2.75, 3.05) is 0 Å². The lowest BCUT2D eigenvalue weighted by Gasteiger charge is -2.41. The summed E-state index contributed by atoms with van der Waals surface area (Å²) in [5, 5.41) is 9.86. The average molecular weight is 293 g/mol. The Hall–Kier alpha value is -1.65. The number of nitrogens with zero attached hydrogens (tertiary/aromatic N) is 2. The molecule has 2 aliphatic rings. The number of rotatable bonds is 1. The molecule has 0 fully saturated rings. The van der Waals surface area contributed by atoms with Gasteiger partial charge >= 0.3 is 0 Å². The lowest BCUT2D eigenvalue weighted by atomic mass is 9.95. The summed E-state index contributed by atoms with van der Waals surface area (Å²) in [5.41, 5.74) is 1.64. The van der Waals surface area contributed by atoms with Crippen LogP contribution in [0.3, 0.4) is 0 Å². The van der Waals surface area contributed by atoms with E-state index in [2.05, 4.69) is 4.99 Å². The van der Waals surface area contributed by atoms with E-state index in [0.717, 1.165) is 11.1 Å². The van der Waals surface area contributed by atoms with Gasteiger partial charge in [-0.2, -0.15) is 0 Å². The van der Waals surface area contributed by atoms with E-state index in [9.17, 15) is 9.50 Å². The van der Waals surface area contributed by atoms with Crippen LogP contribution in [0.1, 0.15) is 12.5 Å². The van der Waals surface area contributed by atoms with Crippen molar-refractivity contribution in [3.8, 4) is 0 Å². The Morgan fingerprint density at radius 3 is 2.70 bits per heavy atom. The number of hydrogen-bond donors (Lipinski definition) is 1. The Balaban J connectivity index is 2.09. The fourth-order valence-corrected chi connectivity index (χ4v) is 2.75. The van der Waals surface area contributed by atoms with E-state index in [1.165, 1.54) is 12.1 Å². The molecule has 104 valence electrons. The Labute approximate surface area is 121 Å². The molecule has 0 spiro atoms. The monoisotopic (exact) mass is 292 g/mol. The van der Waals surface area contributed by atoms with Crippen LogP contribution in [0, 0.1) is 5.82 Å². The summed E-state index contributed by atoms with van der Waals surface area (Å²) >= 11 is 6.35. The van der Waals surface area contributed by atoms with Crippen LogP contribution in [0.4, 0.5) is 4.39 Å². The first-order chi connectivity index (χ1) is 9.58. The fraction of sp³-hybridized carbons (Fsp3) is 0.267. The molecule has 0 radical (unpaired) electrons. The highest BCUT2D eigenvalue weighted by Crippen LogP contribution is 2.32. The molecule has 20 heavy (non-hydrogen) atoms. The van der Waals surface area contributed by atoms with Crippen LogP contribution in [0.15, 0.2) is 47.6 Å². The van der Waals surface area contributed by atoms with Gasteiger partial charge in [-0.15, -0.1) is 11.6 Å². The Morgan fingerprint density at radius 1 is 1.30 bits per heavy atom. The molecule has 0 saturated heterocycles. The van der Waals surface area contributed by atoms with Crippen LogP contribution in [-0.4, -0.2) is 33.5 Å². The molecular formula is C15H14ClFN2O. The lowest BCUT2D eigenvalue weighted by molar-refractivity contribution is 0.0706. The van der Waals surface area contributed by atoms with Crippen molar-refractivity contribution in [1.29, 1.82) is 0 Å². The van der Waals surface area contributed by atoms with Gasteiger partial charge in [0.15, 0.2) is 0 Å². The highest BCUT2D eigenvalue weighted by atomic mass is 35.5. The zero-order valence-corrected chi connectivity index (χ0v) is 11.6. The topological polar surface area (TPSA) is 35.8 Å². The average Bonchev–Trinajstić information content (AvgIpc) is 2.44. The van der Waals surface area contributed by atoms with Gasteiger partial charge in [-0.05, 0) is 30.7 Å². The summed E-state index contributed by atoms with van der Waals surface area (Å²) in [5.74, 6) is 0.374. The summed E-state index contributed by atoms with van der Waals surface area (Å²) in [6.45, 7) is 1.94. The quantitative estimate of drug-likeness (QED) is 0.808. The highest BCUT2D eigenvalue weighted by Gasteiger charge is 2.35. The molecule has 2 aliphatic heterocycles. The lowest BCUT2D eigenvalue weighted by Crippen LogP contribution is -2.52. The molecular weight excluding hydrogens is 279 g/mol. The maximum absolute atomic E-state index is 13.1. The smallest absolute Gasteiger partial charge is 0.149 e. The van der Waals surface area contributed by atoms with Crippen molar-refractivity contribution in [3.05, 3.63) is 54.0 Å². The minimum atomic E-state index is -0.747. The third-order valence-corrected chi connectivity index (χ3v) is 4.10. The van der Waals surface area contributed by atoms with Gasteiger partial charge in [0, 0.05) is 11.8 Å². The van der Waals surface area contributed by atoms with Gasteiger partial charge in [0.05, 0.1) is 11.4 Å². The fourth-order valence-electron chi connectivity index (χ4n) is 2.50. The van der Waals surface area contributed by atoms with Gasteiger partial charge in [0.25, 0.3) is 0 Å². The normalized spacial score (nSPS) is 28.8. The van der Waals surface area contributed by atoms with E-state index in [4.69, 9.17) is 11.6 Å². The second-order valence-corrected chi connectivity index (χ2v) is 5.39. The standard InChI is InChI=1S/C15H14ClFN2O/c1-9-13(16)8-12(10-2-4-11(17)5-3-10)15-18-7-6-14(20)19(9)15/h2-9,13-14,20H,1H3. The summed E-state index contributed by atoms with van der Waals surface area (Å²) in [6.07, 6.45) is 4.34. The van der Waals surface area contributed by atoms with Crippen molar-refractivity contribution in [2.45, 2.75) is 24.6 Å². The number of aliphatic hydroxyl groups excluding tert-OH is 1. The molecule has 1 N–H and O–H groups in total. The summed E-state index contributed by atoms with van der Waals surface area (Å²) in [4.78, 5) is 6.12. The molecule has 2 heterocycles. The summed E-state index contributed by atoms with van der Waals surface area (Å²) in [6, 6.07) is 6.10. The maximum atomic E-state index is 13.1. The van der Waals surface area contributed by atoms with Crippen molar-refractivity contribution < 1.29 is 9.50 Å². The summed E-state index contributed by atoms with van der Waals surface area (Å²) < 4.78 is 13.1. The minimum absolute atomic E-state index is 0.0698. The molecule has 3 atom stereocenters. The largest absolute Gasteiger partial charge is 0.370 e. The number of halogens is 2. The maximum Gasteiger partial charge on any atom is 0.149 e. The molecule has 0 aromatic heterocycles. The van der Waals surface area contributed by atoms with Gasteiger partial charge < -0.3 is 10.0 Å². The van der Waals surface area contributed by atoms with Crippen LogP contribution >= 0.6 is 11.6 Å². The van der Waals surface area contributed by atoms with Crippen molar-refractivity contribution in [2.24, 2.45) is 4.99 Å². The second kappa shape index (κ2) is 5.04. The third-order valence-electron chi connectivity index (χ3n) is 3.61. The van der Waals surface area contributed by atoms with Crippen LogP contribution in [-0.2, 0) is 0 Å². The second-order valence-electron chi connectivity index (χ2n) is 4.89. The molecule has 1 aromatic carbocycles. The molecule has 3 rings (SSSR count). The Morgan fingerprint density at radius 2 is 2.00 bits per heavy atom. The van der Waals surface area contributed by atoms with Gasteiger partial charge in [-0.1, -0.05) is 18.2 Å². The van der Waals surface area contributed by atoms with Crippen molar-refractivity contribution in [1.82, 2.24) is 4.90 Å². The summed E-state index contributed by atoms with van der Waals surface area (Å²) in [7, 11) is 0.